The summed E-state index contributed by atoms with van der Waals surface area (Å²) < 4.78 is 41.1. The first-order valence-electron chi connectivity index (χ1n) is 5.81. The standard InChI is InChI=1S/C11H16F3N3OS/c1-3-15-8-7-9(17-10(16-8)19-2)18-6-4-5-11(12,13)14/h7H,3-6H2,1-2H3,(H,15,16,17). The van der Waals surface area contributed by atoms with E-state index in [4.69, 9.17) is 4.74 Å². The summed E-state index contributed by atoms with van der Waals surface area (Å²) in [5.74, 6) is 0.894. The Bertz CT molecular complexity index is 401. The van der Waals surface area contributed by atoms with E-state index in [9.17, 15) is 13.2 Å². The number of hydrogen-bond acceptors (Lipinski definition) is 5. The number of rotatable bonds is 7. The van der Waals surface area contributed by atoms with Gasteiger partial charge in [0.15, 0.2) is 5.16 Å². The van der Waals surface area contributed by atoms with Gasteiger partial charge in [0.2, 0.25) is 5.88 Å². The molecule has 0 aliphatic heterocycles. The number of nitrogens with zero attached hydrogens (tertiary/aromatic N) is 2. The molecule has 19 heavy (non-hydrogen) atoms. The van der Waals surface area contributed by atoms with Crippen LogP contribution in [-0.4, -0.2) is 35.6 Å². The molecule has 1 aromatic heterocycles. The molecular weight excluding hydrogens is 279 g/mol. The second-order valence-electron chi connectivity index (χ2n) is 3.68. The van der Waals surface area contributed by atoms with Crippen molar-refractivity contribution in [2.24, 2.45) is 0 Å². The third kappa shape index (κ3) is 6.51. The molecule has 0 aromatic carbocycles. The van der Waals surface area contributed by atoms with Crippen molar-refractivity contribution in [1.29, 1.82) is 0 Å². The maximum atomic E-state index is 12.0. The van der Waals surface area contributed by atoms with E-state index >= 15 is 0 Å². The minimum absolute atomic E-state index is 0.0179. The van der Waals surface area contributed by atoms with Crippen molar-refractivity contribution >= 4 is 17.6 Å². The van der Waals surface area contributed by atoms with Crippen molar-refractivity contribution in [2.75, 3.05) is 24.7 Å². The molecule has 0 atom stereocenters. The first-order chi connectivity index (χ1) is 8.94. The average molecular weight is 295 g/mol. The third-order valence-electron chi connectivity index (χ3n) is 2.08. The van der Waals surface area contributed by atoms with E-state index in [2.05, 4.69) is 15.3 Å². The fourth-order valence-corrected chi connectivity index (χ4v) is 1.66. The number of thioether (sulfide) groups is 1. The van der Waals surface area contributed by atoms with Crippen LogP contribution in [0.2, 0.25) is 0 Å². The van der Waals surface area contributed by atoms with Crippen molar-refractivity contribution in [3.63, 3.8) is 0 Å². The predicted molar refractivity (Wildman–Crippen MR) is 68.8 cm³/mol. The van der Waals surface area contributed by atoms with Crippen LogP contribution in [0.15, 0.2) is 11.2 Å². The van der Waals surface area contributed by atoms with Gasteiger partial charge < -0.3 is 10.1 Å². The van der Waals surface area contributed by atoms with Crippen LogP contribution in [-0.2, 0) is 0 Å². The number of halogens is 3. The van der Waals surface area contributed by atoms with Crippen LogP contribution in [0, 0.1) is 0 Å². The molecular formula is C11H16F3N3OS. The molecule has 0 amide bonds. The molecule has 1 N–H and O–H groups in total. The molecule has 1 heterocycles. The number of alkyl halides is 3. The van der Waals surface area contributed by atoms with Gasteiger partial charge in [-0.15, -0.1) is 0 Å². The summed E-state index contributed by atoms with van der Waals surface area (Å²) >= 11 is 1.34. The molecule has 8 heteroatoms. The van der Waals surface area contributed by atoms with Crippen LogP contribution in [0.3, 0.4) is 0 Å². The van der Waals surface area contributed by atoms with Crippen LogP contribution < -0.4 is 10.1 Å². The summed E-state index contributed by atoms with van der Waals surface area (Å²) in [5.41, 5.74) is 0. The molecule has 0 saturated carbocycles. The molecule has 1 aromatic rings. The second-order valence-corrected chi connectivity index (χ2v) is 4.45. The maximum Gasteiger partial charge on any atom is 0.389 e. The summed E-state index contributed by atoms with van der Waals surface area (Å²) in [5, 5.41) is 3.53. The van der Waals surface area contributed by atoms with Gasteiger partial charge in [-0.25, -0.2) is 4.98 Å². The SMILES string of the molecule is CCNc1cc(OCCCC(F)(F)F)nc(SC)n1. The highest BCUT2D eigenvalue weighted by Crippen LogP contribution is 2.22. The van der Waals surface area contributed by atoms with Gasteiger partial charge in [0, 0.05) is 19.0 Å². The smallest absolute Gasteiger partial charge is 0.389 e. The molecule has 1 rings (SSSR count). The van der Waals surface area contributed by atoms with Crippen molar-refractivity contribution < 1.29 is 17.9 Å². The highest BCUT2D eigenvalue weighted by atomic mass is 32.2. The zero-order valence-corrected chi connectivity index (χ0v) is 11.6. The molecule has 0 spiro atoms. The summed E-state index contributed by atoms with van der Waals surface area (Å²) in [6, 6.07) is 1.58. The first-order valence-corrected chi connectivity index (χ1v) is 7.03. The van der Waals surface area contributed by atoms with Gasteiger partial charge in [-0.1, -0.05) is 11.8 Å². The summed E-state index contributed by atoms with van der Waals surface area (Å²) in [4.78, 5) is 8.27. The van der Waals surface area contributed by atoms with Gasteiger partial charge in [0.05, 0.1) is 6.61 Å². The average Bonchev–Trinajstić information content (AvgIpc) is 2.34. The van der Waals surface area contributed by atoms with E-state index in [1.165, 1.54) is 11.8 Å². The van der Waals surface area contributed by atoms with E-state index < -0.39 is 12.6 Å². The zero-order valence-electron chi connectivity index (χ0n) is 10.8. The maximum absolute atomic E-state index is 12.0. The third-order valence-corrected chi connectivity index (χ3v) is 2.62. The Labute approximate surface area is 114 Å². The topological polar surface area (TPSA) is 47.0 Å². The van der Waals surface area contributed by atoms with Crippen molar-refractivity contribution in [3.05, 3.63) is 6.07 Å². The van der Waals surface area contributed by atoms with Crippen molar-refractivity contribution in [1.82, 2.24) is 9.97 Å². The normalized spacial score (nSPS) is 11.4. The highest BCUT2D eigenvalue weighted by molar-refractivity contribution is 7.98. The van der Waals surface area contributed by atoms with Crippen LogP contribution in [0.5, 0.6) is 5.88 Å². The predicted octanol–water partition coefficient (Wildman–Crippen LogP) is 3.35. The minimum atomic E-state index is -4.14. The van der Waals surface area contributed by atoms with Gasteiger partial charge in [0.25, 0.3) is 0 Å². The Hall–Kier alpha value is -1.18. The molecule has 0 aliphatic carbocycles. The Balaban J connectivity index is 2.54. The van der Waals surface area contributed by atoms with Crippen LogP contribution in [0.1, 0.15) is 19.8 Å². The highest BCUT2D eigenvalue weighted by Gasteiger charge is 2.26. The summed E-state index contributed by atoms with van der Waals surface area (Å²) in [7, 11) is 0. The first kappa shape index (κ1) is 15.9. The van der Waals surface area contributed by atoms with E-state index in [0.29, 0.717) is 17.5 Å². The van der Waals surface area contributed by atoms with Gasteiger partial charge in [-0.3, -0.25) is 0 Å². The fourth-order valence-electron chi connectivity index (χ4n) is 1.29. The molecule has 0 radical (unpaired) electrons. The lowest BCUT2D eigenvalue weighted by atomic mass is 10.3. The lowest BCUT2D eigenvalue weighted by Gasteiger charge is -2.10. The molecule has 108 valence electrons. The molecule has 0 fully saturated rings. The summed E-state index contributed by atoms with van der Waals surface area (Å²) in [6.07, 6.45) is -3.26. The fraction of sp³-hybridized carbons (Fsp3) is 0.636. The van der Waals surface area contributed by atoms with E-state index in [1.54, 1.807) is 6.07 Å². The number of ether oxygens (including phenoxy) is 1. The number of hydrogen-bond donors (Lipinski definition) is 1. The summed E-state index contributed by atoms with van der Waals surface area (Å²) in [6.45, 7) is 2.60. The lowest BCUT2D eigenvalue weighted by molar-refractivity contribution is -0.136. The van der Waals surface area contributed by atoms with E-state index in [1.807, 2.05) is 13.2 Å². The molecule has 0 aliphatic rings. The van der Waals surface area contributed by atoms with Gasteiger partial charge in [0.1, 0.15) is 5.82 Å². The van der Waals surface area contributed by atoms with Gasteiger partial charge >= 0.3 is 6.18 Å². The number of nitrogens with one attached hydrogen (secondary N) is 1. The number of anilines is 1. The number of aromatic nitrogens is 2. The van der Waals surface area contributed by atoms with Crippen molar-refractivity contribution in [2.45, 2.75) is 31.1 Å². The van der Waals surface area contributed by atoms with Crippen LogP contribution in [0.4, 0.5) is 19.0 Å². The quantitative estimate of drug-likeness (QED) is 0.475. The Morgan fingerprint density at radius 3 is 2.68 bits per heavy atom. The monoisotopic (exact) mass is 295 g/mol. The minimum Gasteiger partial charge on any atom is -0.478 e. The largest absolute Gasteiger partial charge is 0.478 e. The molecule has 0 unspecified atom stereocenters. The van der Waals surface area contributed by atoms with Crippen LogP contribution >= 0.6 is 11.8 Å². The Kier molecular flexibility index (Phi) is 6.20. The lowest BCUT2D eigenvalue weighted by Crippen LogP contribution is -2.10. The van der Waals surface area contributed by atoms with E-state index in [0.717, 1.165) is 0 Å². The van der Waals surface area contributed by atoms with E-state index in [-0.39, 0.29) is 18.9 Å². The molecule has 0 bridgehead atoms. The molecule has 0 saturated heterocycles. The second kappa shape index (κ2) is 7.42. The zero-order chi connectivity index (χ0) is 14.3. The Morgan fingerprint density at radius 1 is 1.37 bits per heavy atom. The van der Waals surface area contributed by atoms with Gasteiger partial charge in [-0.05, 0) is 19.6 Å². The van der Waals surface area contributed by atoms with Crippen LogP contribution in [0.25, 0.3) is 0 Å². The molecule has 4 nitrogen and oxygen atoms in total. The van der Waals surface area contributed by atoms with Gasteiger partial charge in [-0.2, -0.15) is 18.2 Å². The Morgan fingerprint density at radius 2 is 2.11 bits per heavy atom. The van der Waals surface area contributed by atoms with Crippen molar-refractivity contribution in [3.8, 4) is 5.88 Å².